The Bertz CT molecular complexity index is 1320. The first-order valence-corrected chi connectivity index (χ1v) is 10.8. The number of benzene rings is 1. The summed E-state index contributed by atoms with van der Waals surface area (Å²) in [5.41, 5.74) is 2.09. The molecule has 4 heterocycles. The van der Waals surface area contributed by atoms with Crippen LogP contribution < -0.4 is 0 Å². The SMILES string of the molecule is O=C(Cc1ccccc1)N1CCOC(c2cccc(-c3cnc4ccc(C(F)(F)F)cn34)n2)C1. The summed E-state index contributed by atoms with van der Waals surface area (Å²) >= 11 is 0. The number of hydrogen-bond acceptors (Lipinski definition) is 4. The number of carbonyl (C=O) groups is 1. The number of ether oxygens (including phenoxy) is 1. The van der Waals surface area contributed by atoms with Crippen LogP contribution >= 0.6 is 0 Å². The summed E-state index contributed by atoms with van der Waals surface area (Å²) in [7, 11) is 0. The molecule has 6 nitrogen and oxygen atoms in total. The van der Waals surface area contributed by atoms with E-state index >= 15 is 0 Å². The zero-order chi connectivity index (χ0) is 23.7. The van der Waals surface area contributed by atoms with Crippen LogP contribution in [0, 0.1) is 0 Å². The molecular weight excluding hydrogens is 445 g/mol. The largest absolute Gasteiger partial charge is 0.417 e. The lowest BCUT2D eigenvalue weighted by atomic mass is 10.1. The van der Waals surface area contributed by atoms with Gasteiger partial charge in [-0.15, -0.1) is 0 Å². The van der Waals surface area contributed by atoms with Crippen LogP contribution in [0.25, 0.3) is 17.0 Å². The predicted molar refractivity (Wildman–Crippen MR) is 119 cm³/mol. The third-order valence-electron chi connectivity index (χ3n) is 5.81. The van der Waals surface area contributed by atoms with Crippen molar-refractivity contribution < 1.29 is 22.7 Å². The fraction of sp³-hybridized carbons (Fsp3) is 0.240. The van der Waals surface area contributed by atoms with Crippen LogP contribution in [-0.2, 0) is 22.1 Å². The minimum atomic E-state index is -4.46. The van der Waals surface area contributed by atoms with Crippen LogP contribution in [0.5, 0.6) is 0 Å². The van der Waals surface area contributed by atoms with Gasteiger partial charge in [-0.05, 0) is 29.8 Å². The number of amides is 1. The molecule has 1 aromatic carbocycles. The number of imidazole rings is 1. The van der Waals surface area contributed by atoms with Gasteiger partial charge in [0.25, 0.3) is 0 Å². The minimum absolute atomic E-state index is 0.0112. The summed E-state index contributed by atoms with van der Waals surface area (Å²) in [4.78, 5) is 23.4. The number of nitrogens with zero attached hydrogens (tertiary/aromatic N) is 4. The van der Waals surface area contributed by atoms with E-state index in [4.69, 9.17) is 4.74 Å². The number of aromatic nitrogens is 3. The van der Waals surface area contributed by atoms with E-state index in [-0.39, 0.29) is 5.91 Å². The highest BCUT2D eigenvalue weighted by molar-refractivity contribution is 5.79. The van der Waals surface area contributed by atoms with E-state index in [1.54, 1.807) is 23.1 Å². The van der Waals surface area contributed by atoms with Crippen molar-refractivity contribution in [2.45, 2.75) is 18.7 Å². The molecule has 0 aliphatic carbocycles. The lowest BCUT2D eigenvalue weighted by Crippen LogP contribution is -2.43. The van der Waals surface area contributed by atoms with Crippen molar-refractivity contribution in [3.05, 3.63) is 89.9 Å². The van der Waals surface area contributed by atoms with E-state index in [9.17, 15) is 18.0 Å². The number of morpholine rings is 1. The zero-order valence-electron chi connectivity index (χ0n) is 18.1. The monoisotopic (exact) mass is 466 g/mol. The van der Waals surface area contributed by atoms with Gasteiger partial charge in [0.1, 0.15) is 11.8 Å². The van der Waals surface area contributed by atoms with Gasteiger partial charge in [0.05, 0.1) is 48.4 Å². The molecule has 1 aliphatic heterocycles. The fourth-order valence-electron chi connectivity index (χ4n) is 4.05. The van der Waals surface area contributed by atoms with Crippen molar-refractivity contribution in [2.24, 2.45) is 0 Å². The Hall–Kier alpha value is -3.72. The van der Waals surface area contributed by atoms with Crippen LogP contribution in [0.4, 0.5) is 13.2 Å². The van der Waals surface area contributed by atoms with Gasteiger partial charge in [0.15, 0.2) is 0 Å². The number of hydrogen-bond donors (Lipinski definition) is 0. The zero-order valence-corrected chi connectivity index (χ0v) is 18.1. The summed E-state index contributed by atoms with van der Waals surface area (Å²) in [5.74, 6) is 0.0112. The molecule has 9 heteroatoms. The number of carbonyl (C=O) groups excluding carboxylic acids is 1. The second-order valence-corrected chi connectivity index (χ2v) is 8.10. The molecule has 1 atom stereocenters. The summed E-state index contributed by atoms with van der Waals surface area (Å²) in [6.07, 6.45) is -2.06. The topological polar surface area (TPSA) is 59.7 Å². The smallest absolute Gasteiger partial charge is 0.368 e. The third-order valence-corrected chi connectivity index (χ3v) is 5.81. The lowest BCUT2D eigenvalue weighted by molar-refractivity contribution is -0.138. The second kappa shape index (κ2) is 8.90. The quantitative estimate of drug-likeness (QED) is 0.443. The maximum Gasteiger partial charge on any atom is 0.417 e. The Morgan fingerprint density at radius 1 is 1.06 bits per heavy atom. The molecule has 0 N–H and O–H groups in total. The van der Waals surface area contributed by atoms with Crippen LogP contribution in [0.15, 0.2) is 73.1 Å². The predicted octanol–water partition coefficient (Wildman–Crippen LogP) is 4.56. The molecule has 5 rings (SSSR count). The van der Waals surface area contributed by atoms with Crippen molar-refractivity contribution >= 4 is 11.6 Å². The van der Waals surface area contributed by atoms with E-state index in [0.717, 1.165) is 17.8 Å². The standard InChI is InChI=1S/C25H21F3N4O2/c26-25(27,28)18-9-10-23-29-14-21(32(23)15-18)19-7-4-8-20(30-19)22-16-31(11-12-34-22)24(33)13-17-5-2-1-3-6-17/h1-10,14-15,22H,11-13,16H2. The van der Waals surface area contributed by atoms with Crippen LogP contribution in [0.3, 0.4) is 0 Å². The molecule has 34 heavy (non-hydrogen) atoms. The average Bonchev–Trinajstić information content (AvgIpc) is 3.28. The number of alkyl halides is 3. The van der Waals surface area contributed by atoms with Crippen molar-refractivity contribution in [3.8, 4) is 11.4 Å². The molecule has 1 fully saturated rings. The van der Waals surface area contributed by atoms with E-state index in [1.165, 1.54) is 16.7 Å². The van der Waals surface area contributed by atoms with Gasteiger partial charge in [-0.2, -0.15) is 13.2 Å². The Balaban J connectivity index is 1.38. The highest BCUT2D eigenvalue weighted by Gasteiger charge is 2.31. The van der Waals surface area contributed by atoms with E-state index in [1.807, 2.05) is 30.3 Å². The number of rotatable bonds is 4. The van der Waals surface area contributed by atoms with Crippen molar-refractivity contribution in [3.63, 3.8) is 0 Å². The van der Waals surface area contributed by atoms with Gasteiger partial charge in [0.2, 0.25) is 5.91 Å². The van der Waals surface area contributed by atoms with Crippen molar-refractivity contribution in [2.75, 3.05) is 19.7 Å². The number of fused-ring (bicyclic) bond motifs is 1. The van der Waals surface area contributed by atoms with Crippen molar-refractivity contribution in [1.29, 1.82) is 0 Å². The molecule has 1 amide bonds. The Labute approximate surface area is 193 Å². The van der Waals surface area contributed by atoms with E-state index in [2.05, 4.69) is 9.97 Å². The maximum absolute atomic E-state index is 13.2. The number of pyridine rings is 2. The molecule has 4 aromatic rings. The minimum Gasteiger partial charge on any atom is -0.368 e. The summed E-state index contributed by atoms with van der Waals surface area (Å²) < 4.78 is 46.9. The highest BCUT2D eigenvalue weighted by Crippen LogP contribution is 2.31. The molecule has 174 valence electrons. The molecular formula is C25H21F3N4O2. The van der Waals surface area contributed by atoms with Gasteiger partial charge in [0, 0.05) is 12.7 Å². The molecule has 1 aliphatic rings. The van der Waals surface area contributed by atoms with Gasteiger partial charge in [-0.3, -0.25) is 9.20 Å². The first-order valence-electron chi connectivity index (χ1n) is 10.8. The molecule has 1 unspecified atom stereocenters. The van der Waals surface area contributed by atoms with Gasteiger partial charge in [-0.25, -0.2) is 9.97 Å². The maximum atomic E-state index is 13.2. The first kappa shape index (κ1) is 22.1. The summed E-state index contributed by atoms with van der Waals surface area (Å²) in [5, 5.41) is 0. The van der Waals surface area contributed by atoms with Crippen LogP contribution in [0.2, 0.25) is 0 Å². The summed E-state index contributed by atoms with van der Waals surface area (Å²) in [6, 6.07) is 17.2. The fourth-order valence-corrected chi connectivity index (χ4v) is 4.05. The van der Waals surface area contributed by atoms with E-state index in [0.29, 0.717) is 48.8 Å². The van der Waals surface area contributed by atoms with Crippen LogP contribution in [0.1, 0.15) is 22.9 Å². The highest BCUT2D eigenvalue weighted by atomic mass is 19.4. The molecule has 0 radical (unpaired) electrons. The second-order valence-electron chi connectivity index (χ2n) is 8.10. The van der Waals surface area contributed by atoms with Gasteiger partial charge in [-0.1, -0.05) is 36.4 Å². The molecule has 0 bridgehead atoms. The Morgan fingerprint density at radius 2 is 1.88 bits per heavy atom. The molecule has 0 spiro atoms. The normalized spacial score (nSPS) is 16.7. The molecule has 1 saturated heterocycles. The Morgan fingerprint density at radius 3 is 2.68 bits per heavy atom. The molecule has 3 aromatic heterocycles. The Kier molecular flexibility index (Phi) is 5.79. The summed E-state index contributed by atoms with van der Waals surface area (Å²) in [6.45, 7) is 1.23. The third kappa shape index (κ3) is 4.51. The van der Waals surface area contributed by atoms with Gasteiger partial charge >= 0.3 is 6.18 Å². The number of halogens is 3. The van der Waals surface area contributed by atoms with Gasteiger partial charge < -0.3 is 9.64 Å². The lowest BCUT2D eigenvalue weighted by Gasteiger charge is -2.33. The average molecular weight is 466 g/mol. The van der Waals surface area contributed by atoms with Crippen molar-refractivity contribution in [1.82, 2.24) is 19.3 Å². The first-order chi connectivity index (χ1) is 16.4. The molecule has 0 saturated carbocycles. The van der Waals surface area contributed by atoms with E-state index < -0.39 is 17.8 Å². The van der Waals surface area contributed by atoms with Crippen LogP contribution in [-0.4, -0.2) is 44.9 Å².